The normalized spacial score (nSPS) is 10.1. The highest BCUT2D eigenvalue weighted by Crippen LogP contribution is 2.25. The minimum Gasteiger partial charge on any atom is -0.492 e. The van der Waals surface area contributed by atoms with Crippen LogP contribution in [0.5, 0.6) is 5.75 Å². The van der Waals surface area contributed by atoms with Gasteiger partial charge in [0.2, 0.25) is 0 Å². The van der Waals surface area contributed by atoms with Gasteiger partial charge in [-0.3, -0.25) is 10.1 Å². The molecule has 0 heterocycles. The van der Waals surface area contributed by atoms with Crippen molar-refractivity contribution in [3.05, 3.63) is 64.2 Å². The number of rotatable bonds is 6. The third-order valence-electron chi connectivity index (χ3n) is 3.37. The number of amides is 1. The van der Waals surface area contributed by atoms with Crippen LogP contribution >= 0.6 is 23.8 Å². The molecule has 0 aliphatic heterocycles. The quantitative estimate of drug-likeness (QED) is 0.654. The highest BCUT2D eigenvalue weighted by molar-refractivity contribution is 7.80. The maximum absolute atomic E-state index is 12.2. The van der Waals surface area contributed by atoms with Crippen LogP contribution in [0.4, 0.5) is 0 Å². The number of thiocarbonyl (C=S) groups is 1. The van der Waals surface area contributed by atoms with Gasteiger partial charge in [0.15, 0.2) is 5.11 Å². The van der Waals surface area contributed by atoms with Crippen molar-refractivity contribution in [3.63, 3.8) is 0 Å². The number of nitrogens with one attached hydrogen (secondary N) is 2. The average Bonchev–Trinajstić information content (AvgIpc) is 2.62. The number of carbonyl (C=O) groups is 2. The Kier molecular flexibility index (Phi) is 6.94. The number of hydrogen-bond acceptors (Lipinski definition) is 4. The van der Waals surface area contributed by atoms with E-state index in [2.05, 4.69) is 10.6 Å². The van der Waals surface area contributed by atoms with Crippen LogP contribution in [0.25, 0.3) is 0 Å². The number of carbonyl (C=O) groups excluding carboxylic acids is 1. The molecule has 1 amide bonds. The van der Waals surface area contributed by atoms with Gasteiger partial charge in [0.1, 0.15) is 5.75 Å². The summed E-state index contributed by atoms with van der Waals surface area (Å²) < 4.78 is 5.32. The Hall–Kier alpha value is -2.64. The predicted octanol–water partition coefficient (Wildman–Crippen LogP) is 3.24. The first-order valence-corrected chi connectivity index (χ1v) is 8.53. The van der Waals surface area contributed by atoms with Gasteiger partial charge in [0.05, 0.1) is 17.2 Å². The number of hydrogen-bond donors (Lipinski definition) is 3. The van der Waals surface area contributed by atoms with E-state index in [0.29, 0.717) is 29.5 Å². The molecule has 0 unspecified atom stereocenters. The second kappa shape index (κ2) is 9.17. The highest BCUT2D eigenvalue weighted by Gasteiger charge is 2.11. The minimum absolute atomic E-state index is 0.155. The average molecular weight is 393 g/mol. The highest BCUT2D eigenvalue weighted by atomic mass is 35.5. The Balaban J connectivity index is 1.89. The topological polar surface area (TPSA) is 87.7 Å². The van der Waals surface area contributed by atoms with Crippen molar-refractivity contribution < 1.29 is 19.4 Å². The van der Waals surface area contributed by atoms with E-state index in [1.807, 2.05) is 6.92 Å². The van der Waals surface area contributed by atoms with Crippen LogP contribution in [0.1, 0.15) is 33.2 Å². The number of ether oxygens (including phenoxy) is 1. The van der Waals surface area contributed by atoms with Gasteiger partial charge in [-0.15, -0.1) is 0 Å². The van der Waals surface area contributed by atoms with Crippen molar-refractivity contribution in [1.82, 2.24) is 10.6 Å². The summed E-state index contributed by atoms with van der Waals surface area (Å²) in [6.45, 7) is 2.67. The van der Waals surface area contributed by atoms with Gasteiger partial charge in [-0.25, -0.2) is 4.79 Å². The molecular weight excluding hydrogens is 376 g/mol. The lowest BCUT2D eigenvalue weighted by atomic mass is 10.1. The fraction of sp³-hybridized carbons (Fsp3) is 0.167. The number of carboxylic acid groups (broad SMARTS) is 1. The Bertz CT molecular complexity index is 824. The zero-order chi connectivity index (χ0) is 19.1. The van der Waals surface area contributed by atoms with Crippen LogP contribution in [0.3, 0.4) is 0 Å². The van der Waals surface area contributed by atoms with Crippen LogP contribution < -0.4 is 15.4 Å². The van der Waals surface area contributed by atoms with Crippen molar-refractivity contribution in [2.75, 3.05) is 6.61 Å². The molecule has 26 heavy (non-hydrogen) atoms. The lowest BCUT2D eigenvalue weighted by Gasteiger charge is -2.11. The molecule has 3 N–H and O–H groups in total. The lowest BCUT2D eigenvalue weighted by Crippen LogP contribution is -2.38. The molecule has 0 atom stereocenters. The van der Waals surface area contributed by atoms with E-state index in [1.165, 1.54) is 18.2 Å². The zero-order valence-electron chi connectivity index (χ0n) is 13.9. The van der Waals surface area contributed by atoms with Gasteiger partial charge in [0, 0.05) is 12.1 Å². The van der Waals surface area contributed by atoms with Crippen LogP contribution in [0.2, 0.25) is 5.02 Å². The molecule has 8 heteroatoms. The second-order valence-corrected chi connectivity index (χ2v) is 6.03. The first-order chi connectivity index (χ1) is 12.4. The Labute approximate surface area is 161 Å². The van der Waals surface area contributed by atoms with Gasteiger partial charge < -0.3 is 15.2 Å². The number of benzene rings is 2. The molecule has 2 aromatic rings. The van der Waals surface area contributed by atoms with Crippen LogP contribution in [0.15, 0.2) is 42.5 Å². The maximum Gasteiger partial charge on any atom is 0.335 e. The van der Waals surface area contributed by atoms with E-state index >= 15 is 0 Å². The maximum atomic E-state index is 12.2. The molecule has 2 rings (SSSR count). The minimum atomic E-state index is -0.985. The molecule has 0 spiro atoms. The molecule has 0 saturated heterocycles. The van der Waals surface area contributed by atoms with Crippen molar-refractivity contribution in [3.8, 4) is 5.75 Å². The van der Waals surface area contributed by atoms with E-state index in [-0.39, 0.29) is 10.7 Å². The summed E-state index contributed by atoms with van der Waals surface area (Å²) in [5.74, 6) is -0.869. The Morgan fingerprint density at radius 1 is 1.15 bits per heavy atom. The van der Waals surface area contributed by atoms with E-state index in [9.17, 15) is 9.59 Å². The number of aromatic carboxylic acids is 1. The fourth-order valence-electron chi connectivity index (χ4n) is 2.08. The fourth-order valence-corrected chi connectivity index (χ4v) is 2.48. The van der Waals surface area contributed by atoms with Gasteiger partial charge in [-0.2, -0.15) is 0 Å². The molecule has 0 aromatic heterocycles. The molecule has 0 radical (unpaired) electrons. The Morgan fingerprint density at radius 3 is 2.38 bits per heavy atom. The summed E-state index contributed by atoms with van der Waals surface area (Å²) in [6, 6.07) is 11.1. The molecule has 0 aliphatic rings. The number of carboxylic acids is 1. The molecule has 6 nitrogen and oxygen atoms in total. The van der Waals surface area contributed by atoms with Crippen LogP contribution in [0, 0.1) is 0 Å². The van der Waals surface area contributed by atoms with E-state index in [0.717, 1.165) is 5.56 Å². The third-order valence-corrected chi connectivity index (χ3v) is 3.92. The standard InChI is InChI=1S/C18H17ClN2O4S/c1-2-25-15-8-7-13(9-14(15)19)16(22)21-18(26)20-10-11-3-5-12(6-4-11)17(23)24/h3-9H,2,10H2,1H3,(H,23,24)(H2,20,21,22,26). The molecular formula is C18H17ClN2O4S. The van der Waals surface area contributed by atoms with E-state index in [1.54, 1.807) is 24.3 Å². The Morgan fingerprint density at radius 2 is 1.81 bits per heavy atom. The summed E-state index contributed by atoms with van der Waals surface area (Å²) in [4.78, 5) is 23.0. The summed E-state index contributed by atoms with van der Waals surface area (Å²) in [5.41, 5.74) is 1.39. The lowest BCUT2D eigenvalue weighted by molar-refractivity contribution is 0.0696. The largest absolute Gasteiger partial charge is 0.492 e. The van der Waals surface area contributed by atoms with E-state index < -0.39 is 11.9 Å². The molecule has 136 valence electrons. The van der Waals surface area contributed by atoms with Gasteiger partial charge in [-0.1, -0.05) is 23.7 Å². The van der Waals surface area contributed by atoms with Crippen molar-refractivity contribution >= 4 is 40.8 Å². The third kappa shape index (κ3) is 5.44. The van der Waals surface area contributed by atoms with Gasteiger partial charge >= 0.3 is 5.97 Å². The first-order valence-electron chi connectivity index (χ1n) is 7.74. The summed E-state index contributed by atoms with van der Waals surface area (Å²) in [5, 5.41) is 14.8. The second-order valence-electron chi connectivity index (χ2n) is 5.22. The summed E-state index contributed by atoms with van der Waals surface area (Å²) in [7, 11) is 0. The molecule has 0 aliphatic carbocycles. The molecule has 0 bridgehead atoms. The van der Waals surface area contributed by atoms with Gasteiger partial charge in [0.25, 0.3) is 5.91 Å². The first kappa shape index (κ1) is 19.7. The van der Waals surface area contributed by atoms with Crippen molar-refractivity contribution in [2.24, 2.45) is 0 Å². The molecule has 0 fully saturated rings. The van der Waals surface area contributed by atoms with Crippen LogP contribution in [-0.4, -0.2) is 28.7 Å². The summed E-state index contributed by atoms with van der Waals surface area (Å²) in [6.07, 6.45) is 0. The van der Waals surface area contributed by atoms with Crippen molar-refractivity contribution in [1.29, 1.82) is 0 Å². The number of halogens is 1. The predicted molar refractivity (Wildman–Crippen MR) is 103 cm³/mol. The summed E-state index contributed by atoms with van der Waals surface area (Å²) >= 11 is 11.2. The SMILES string of the molecule is CCOc1ccc(C(=O)NC(=S)NCc2ccc(C(=O)O)cc2)cc1Cl. The zero-order valence-corrected chi connectivity index (χ0v) is 15.5. The van der Waals surface area contributed by atoms with Crippen molar-refractivity contribution in [2.45, 2.75) is 13.5 Å². The monoisotopic (exact) mass is 392 g/mol. The van der Waals surface area contributed by atoms with Crippen LogP contribution in [-0.2, 0) is 6.54 Å². The van der Waals surface area contributed by atoms with E-state index in [4.69, 9.17) is 33.7 Å². The van der Waals surface area contributed by atoms with Gasteiger partial charge in [-0.05, 0) is 55.0 Å². The molecule has 2 aromatic carbocycles. The molecule has 0 saturated carbocycles. The smallest absolute Gasteiger partial charge is 0.335 e.